The van der Waals surface area contributed by atoms with Crippen LogP contribution in [-0.4, -0.2) is 12.1 Å². The van der Waals surface area contributed by atoms with Gasteiger partial charge in [-0.3, -0.25) is 0 Å². The Bertz CT molecular complexity index is 603. The number of nitrogens with zero attached hydrogens (tertiary/aromatic N) is 1. The van der Waals surface area contributed by atoms with Gasteiger partial charge >= 0.3 is 0 Å². The van der Waals surface area contributed by atoms with Gasteiger partial charge in [-0.05, 0) is 38.0 Å². The molecule has 0 saturated carbocycles. The highest BCUT2D eigenvalue weighted by molar-refractivity contribution is 9.10. The van der Waals surface area contributed by atoms with Gasteiger partial charge in [0, 0.05) is 17.8 Å². The molecule has 1 aromatic heterocycles. The standard InChI is InChI=1S/C16H18BrNO2/c1-10-7-11(2)15(12(3)8-10)20-16-13(9-19-4)14(17)5-6-18-16/h5-8H,9H2,1-4H3. The minimum Gasteiger partial charge on any atom is -0.438 e. The molecule has 2 aromatic rings. The summed E-state index contributed by atoms with van der Waals surface area (Å²) in [5.74, 6) is 1.44. The molecule has 2 rings (SSSR count). The molecule has 0 saturated heterocycles. The van der Waals surface area contributed by atoms with Crippen molar-refractivity contribution in [3.05, 3.63) is 51.1 Å². The zero-order valence-corrected chi connectivity index (χ0v) is 13.7. The van der Waals surface area contributed by atoms with Crippen molar-refractivity contribution >= 4 is 15.9 Å². The molecule has 0 atom stereocenters. The smallest absolute Gasteiger partial charge is 0.225 e. The lowest BCUT2D eigenvalue weighted by Crippen LogP contribution is -2.00. The number of hydrogen-bond donors (Lipinski definition) is 0. The third-order valence-corrected chi connectivity index (χ3v) is 3.79. The summed E-state index contributed by atoms with van der Waals surface area (Å²) < 4.78 is 12.2. The van der Waals surface area contributed by atoms with Crippen molar-refractivity contribution in [2.75, 3.05) is 7.11 Å². The molecule has 0 N–H and O–H groups in total. The quantitative estimate of drug-likeness (QED) is 0.810. The lowest BCUT2D eigenvalue weighted by Gasteiger charge is -2.15. The second-order valence-corrected chi connectivity index (χ2v) is 5.69. The zero-order valence-electron chi connectivity index (χ0n) is 12.2. The summed E-state index contributed by atoms with van der Waals surface area (Å²) in [5, 5.41) is 0. The Balaban J connectivity index is 2.43. The van der Waals surface area contributed by atoms with Crippen LogP contribution in [0.25, 0.3) is 0 Å². The number of ether oxygens (including phenoxy) is 2. The number of pyridine rings is 1. The fraction of sp³-hybridized carbons (Fsp3) is 0.312. The Morgan fingerprint density at radius 2 is 1.80 bits per heavy atom. The van der Waals surface area contributed by atoms with E-state index in [2.05, 4.69) is 40.0 Å². The molecule has 0 aliphatic heterocycles. The van der Waals surface area contributed by atoms with Gasteiger partial charge in [-0.25, -0.2) is 4.98 Å². The van der Waals surface area contributed by atoms with Gasteiger partial charge in [0.05, 0.1) is 12.2 Å². The van der Waals surface area contributed by atoms with Crippen LogP contribution in [0.15, 0.2) is 28.9 Å². The van der Waals surface area contributed by atoms with Gasteiger partial charge in [-0.15, -0.1) is 0 Å². The van der Waals surface area contributed by atoms with E-state index in [-0.39, 0.29) is 0 Å². The number of benzene rings is 1. The lowest BCUT2D eigenvalue weighted by atomic mass is 10.1. The van der Waals surface area contributed by atoms with Crippen molar-refractivity contribution in [3.8, 4) is 11.6 Å². The van der Waals surface area contributed by atoms with Gasteiger partial charge in [0.1, 0.15) is 5.75 Å². The van der Waals surface area contributed by atoms with Crippen LogP contribution >= 0.6 is 15.9 Å². The maximum absolute atomic E-state index is 6.04. The summed E-state index contributed by atoms with van der Waals surface area (Å²) in [5.41, 5.74) is 4.35. The van der Waals surface area contributed by atoms with E-state index in [9.17, 15) is 0 Å². The third-order valence-electron chi connectivity index (χ3n) is 3.05. The molecule has 0 spiro atoms. The van der Waals surface area contributed by atoms with Crippen LogP contribution in [0.2, 0.25) is 0 Å². The van der Waals surface area contributed by atoms with Gasteiger partial charge in [-0.1, -0.05) is 33.6 Å². The minimum atomic E-state index is 0.452. The van der Waals surface area contributed by atoms with Gasteiger partial charge in [0.2, 0.25) is 5.88 Å². The van der Waals surface area contributed by atoms with Crippen LogP contribution in [0, 0.1) is 20.8 Å². The topological polar surface area (TPSA) is 31.4 Å². The SMILES string of the molecule is COCc1c(Br)ccnc1Oc1c(C)cc(C)cc1C. The molecule has 106 valence electrons. The molecular weight excluding hydrogens is 318 g/mol. The van der Waals surface area contributed by atoms with Crippen LogP contribution in [0.3, 0.4) is 0 Å². The van der Waals surface area contributed by atoms with Crippen molar-refractivity contribution in [3.63, 3.8) is 0 Å². The first-order chi connectivity index (χ1) is 9.52. The summed E-state index contributed by atoms with van der Waals surface area (Å²) in [6, 6.07) is 6.10. The number of aromatic nitrogens is 1. The predicted octanol–water partition coefficient (Wildman–Crippen LogP) is 4.71. The van der Waals surface area contributed by atoms with Gasteiger partial charge in [0.25, 0.3) is 0 Å². The van der Waals surface area contributed by atoms with Gasteiger partial charge in [-0.2, -0.15) is 0 Å². The summed E-state index contributed by atoms with van der Waals surface area (Å²) in [4.78, 5) is 4.33. The normalized spacial score (nSPS) is 10.7. The second-order valence-electron chi connectivity index (χ2n) is 4.84. The Labute approximate surface area is 128 Å². The maximum Gasteiger partial charge on any atom is 0.225 e. The highest BCUT2D eigenvalue weighted by Crippen LogP contribution is 2.33. The van der Waals surface area contributed by atoms with Crippen molar-refractivity contribution < 1.29 is 9.47 Å². The number of halogens is 1. The molecule has 1 aromatic carbocycles. The molecule has 20 heavy (non-hydrogen) atoms. The number of rotatable bonds is 4. The molecule has 3 nitrogen and oxygen atoms in total. The Morgan fingerprint density at radius 1 is 1.15 bits per heavy atom. The highest BCUT2D eigenvalue weighted by atomic mass is 79.9. The number of hydrogen-bond acceptors (Lipinski definition) is 3. The van der Waals surface area contributed by atoms with Crippen LogP contribution in [-0.2, 0) is 11.3 Å². The Kier molecular flexibility index (Phi) is 4.78. The molecular formula is C16H18BrNO2. The first-order valence-corrected chi connectivity index (χ1v) is 7.20. The number of aryl methyl sites for hydroxylation is 3. The first-order valence-electron chi connectivity index (χ1n) is 6.41. The third kappa shape index (κ3) is 3.19. The summed E-state index contributed by atoms with van der Waals surface area (Å²) in [6.07, 6.45) is 1.72. The van der Waals surface area contributed by atoms with Crippen molar-refractivity contribution in [1.82, 2.24) is 4.98 Å². The molecule has 0 fully saturated rings. The van der Waals surface area contributed by atoms with Gasteiger partial charge in [0.15, 0.2) is 0 Å². The average molecular weight is 336 g/mol. The van der Waals surface area contributed by atoms with E-state index >= 15 is 0 Å². The summed E-state index contributed by atoms with van der Waals surface area (Å²) in [6.45, 7) is 6.62. The monoisotopic (exact) mass is 335 g/mol. The molecule has 0 aliphatic carbocycles. The van der Waals surface area contributed by atoms with Crippen LogP contribution in [0.5, 0.6) is 11.6 Å². The fourth-order valence-corrected chi connectivity index (χ4v) is 2.64. The van der Waals surface area contributed by atoms with Crippen molar-refractivity contribution in [2.45, 2.75) is 27.4 Å². The second kappa shape index (κ2) is 6.37. The summed E-state index contributed by atoms with van der Waals surface area (Å²) >= 11 is 3.51. The van der Waals surface area contributed by atoms with Crippen molar-refractivity contribution in [1.29, 1.82) is 0 Å². The molecule has 0 radical (unpaired) electrons. The van der Waals surface area contributed by atoms with Crippen molar-refractivity contribution in [2.24, 2.45) is 0 Å². The maximum atomic E-state index is 6.04. The van der Waals surface area contributed by atoms with E-state index in [0.29, 0.717) is 12.5 Å². The Hall–Kier alpha value is -1.39. The minimum absolute atomic E-state index is 0.452. The first kappa shape index (κ1) is 15.0. The van der Waals surface area contributed by atoms with Crippen LogP contribution in [0.1, 0.15) is 22.3 Å². The van der Waals surface area contributed by atoms with E-state index in [1.807, 2.05) is 19.9 Å². The Morgan fingerprint density at radius 3 is 2.40 bits per heavy atom. The molecule has 0 aliphatic rings. The summed E-state index contributed by atoms with van der Waals surface area (Å²) in [7, 11) is 1.66. The van der Waals surface area contributed by atoms with E-state index < -0.39 is 0 Å². The van der Waals surface area contributed by atoms with Crippen LogP contribution in [0.4, 0.5) is 0 Å². The van der Waals surface area contributed by atoms with E-state index in [4.69, 9.17) is 9.47 Å². The van der Waals surface area contributed by atoms with E-state index in [1.165, 1.54) is 5.56 Å². The highest BCUT2D eigenvalue weighted by Gasteiger charge is 2.13. The lowest BCUT2D eigenvalue weighted by molar-refractivity contribution is 0.181. The van der Waals surface area contributed by atoms with E-state index in [1.54, 1.807) is 13.3 Å². The molecule has 4 heteroatoms. The largest absolute Gasteiger partial charge is 0.438 e. The van der Waals surface area contributed by atoms with Gasteiger partial charge < -0.3 is 9.47 Å². The predicted molar refractivity (Wildman–Crippen MR) is 83.4 cm³/mol. The molecule has 0 amide bonds. The van der Waals surface area contributed by atoms with E-state index in [0.717, 1.165) is 26.9 Å². The molecule has 0 unspecified atom stereocenters. The molecule has 0 bridgehead atoms. The number of methoxy groups -OCH3 is 1. The average Bonchev–Trinajstić information content (AvgIpc) is 2.37. The fourth-order valence-electron chi connectivity index (χ4n) is 2.24. The molecule has 1 heterocycles. The van der Waals surface area contributed by atoms with Crippen LogP contribution < -0.4 is 4.74 Å². The zero-order chi connectivity index (χ0) is 14.7.